The number of hydrogen-bond donors (Lipinski definition) is 1. The van der Waals surface area contributed by atoms with Crippen molar-refractivity contribution < 1.29 is 4.74 Å². The number of nitrogens with one attached hydrogen (secondary N) is 1. The van der Waals surface area contributed by atoms with Crippen LogP contribution < -0.4 is 4.74 Å². The molecule has 29 heavy (non-hydrogen) atoms. The molecule has 0 spiro atoms. The van der Waals surface area contributed by atoms with E-state index in [9.17, 15) is 0 Å². The maximum Gasteiger partial charge on any atom is 0.119 e. The second-order valence-corrected chi connectivity index (χ2v) is 8.32. The molecule has 2 atom stereocenters. The van der Waals surface area contributed by atoms with E-state index in [1.54, 1.807) is 0 Å². The number of nitrogens with zero attached hydrogens (tertiary/aromatic N) is 3. The zero-order valence-corrected chi connectivity index (χ0v) is 17.3. The van der Waals surface area contributed by atoms with Crippen LogP contribution in [0.5, 0.6) is 5.75 Å². The van der Waals surface area contributed by atoms with Gasteiger partial charge in [0.2, 0.25) is 0 Å². The van der Waals surface area contributed by atoms with Crippen LogP contribution in [0.25, 0.3) is 11.3 Å². The first kappa shape index (κ1) is 19.6. The summed E-state index contributed by atoms with van der Waals surface area (Å²) < 4.78 is 5.84. The lowest BCUT2D eigenvalue weighted by molar-refractivity contribution is 0.105. The number of piperidine rings is 1. The van der Waals surface area contributed by atoms with Crippen molar-refractivity contribution in [1.29, 1.82) is 0 Å². The van der Waals surface area contributed by atoms with Crippen LogP contribution in [0.1, 0.15) is 32.3 Å². The molecule has 1 aliphatic heterocycles. The third-order valence-electron chi connectivity index (χ3n) is 6.43. The van der Waals surface area contributed by atoms with Gasteiger partial charge in [0, 0.05) is 24.8 Å². The van der Waals surface area contributed by atoms with Gasteiger partial charge in [-0.2, -0.15) is 0 Å². The first-order chi connectivity index (χ1) is 14.1. The summed E-state index contributed by atoms with van der Waals surface area (Å²) in [6, 6.07) is 18.9. The zero-order valence-electron chi connectivity index (χ0n) is 17.3. The molecule has 1 aromatic heterocycles. The van der Waals surface area contributed by atoms with E-state index in [-0.39, 0.29) is 5.41 Å². The third-order valence-corrected chi connectivity index (χ3v) is 6.43. The minimum atomic E-state index is 0.177. The Labute approximate surface area is 173 Å². The number of ether oxygens (including phenoxy) is 1. The molecule has 1 N–H and O–H groups in total. The Kier molecular flexibility index (Phi) is 5.95. The molecule has 0 saturated carbocycles. The second-order valence-electron chi connectivity index (χ2n) is 8.32. The van der Waals surface area contributed by atoms with Gasteiger partial charge in [0.1, 0.15) is 11.4 Å². The highest BCUT2D eigenvalue weighted by Gasteiger charge is 2.37. The molecule has 0 radical (unpaired) electrons. The van der Waals surface area contributed by atoms with E-state index in [2.05, 4.69) is 58.4 Å². The van der Waals surface area contributed by atoms with Crippen molar-refractivity contribution in [2.24, 2.45) is 5.92 Å². The van der Waals surface area contributed by atoms with Gasteiger partial charge < -0.3 is 9.64 Å². The van der Waals surface area contributed by atoms with E-state index in [1.165, 1.54) is 5.56 Å². The van der Waals surface area contributed by atoms with Crippen molar-refractivity contribution in [3.05, 3.63) is 66.4 Å². The van der Waals surface area contributed by atoms with Crippen LogP contribution in [0.3, 0.4) is 0 Å². The summed E-state index contributed by atoms with van der Waals surface area (Å²) in [5.74, 6) is 1.54. The molecule has 0 bridgehead atoms. The van der Waals surface area contributed by atoms with Crippen LogP contribution in [0.2, 0.25) is 0 Å². The average molecular weight is 391 g/mol. The second kappa shape index (κ2) is 8.78. The number of likely N-dealkylation sites (tertiary alicyclic amines) is 1. The highest BCUT2D eigenvalue weighted by molar-refractivity contribution is 5.59. The Morgan fingerprint density at radius 3 is 2.79 bits per heavy atom. The normalized spacial score (nSPS) is 22.5. The van der Waals surface area contributed by atoms with Crippen LogP contribution >= 0.6 is 0 Å². The molecule has 5 heteroatoms. The fourth-order valence-electron chi connectivity index (χ4n) is 4.32. The number of benzene rings is 2. The molecule has 4 rings (SSSR count). The summed E-state index contributed by atoms with van der Waals surface area (Å²) in [5, 5.41) is 10.8. The van der Waals surface area contributed by atoms with E-state index in [1.807, 2.05) is 36.5 Å². The van der Waals surface area contributed by atoms with Crippen molar-refractivity contribution in [3.8, 4) is 17.0 Å². The number of para-hydroxylation sites is 1. The average Bonchev–Trinajstić information content (AvgIpc) is 3.30. The Hall–Kier alpha value is -2.66. The van der Waals surface area contributed by atoms with Gasteiger partial charge in [-0.15, -0.1) is 5.10 Å². The largest absolute Gasteiger partial charge is 0.494 e. The molecule has 3 aromatic rings. The lowest BCUT2D eigenvalue weighted by Crippen LogP contribution is -2.47. The summed E-state index contributed by atoms with van der Waals surface area (Å²) in [6.45, 7) is 8.90. The van der Waals surface area contributed by atoms with Crippen LogP contribution in [-0.2, 0) is 5.41 Å². The van der Waals surface area contributed by atoms with Gasteiger partial charge >= 0.3 is 0 Å². The maximum absolute atomic E-state index is 5.84. The van der Waals surface area contributed by atoms with E-state index >= 15 is 0 Å². The fraction of sp³-hybridized carbons (Fsp3) is 0.417. The summed E-state index contributed by atoms with van der Waals surface area (Å²) in [5.41, 5.74) is 3.61. The van der Waals surface area contributed by atoms with E-state index in [0.29, 0.717) is 5.92 Å². The molecule has 0 aliphatic carbocycles. The first-order valence-electron chi connectivity index (χ1n) is 10.5. The lowest BCUT2D eigenvalue weighted by atomic mass is 9.67. The van der Waals surface area contributed by atoms with Crippen LogP contribution in [0.15, 0.2) is 60.8 Å². The Morgan fingerprint density at radius 2 is 2.03 bits per heavy atom. The number of aromatic amines is 1. The van der Waals surface area contributed by atoms with Crippen molar-refractivity contribution >= 4 is 0 Å². The summed E-state index contributed by atoms with van der Waals surface area (Å²) in [7, 11) is 0. The number of H-pyrrole nitrogens is 1. The van der Waals surface area contributed by atoms with Crippen LogP contribution in [-0.4, -0.2) is 46.6 Å². The smallest absolute Gasteiger partial charge is 0.119 e. The quantitative estimate of drug-likeness (QED) is 0.602. The van der Waals surface area contributed by atoms with Gasteiger partial charge in [-0.3, -0.25) is 5.10 Å². The summed E-state index contributed by atoms with van der Waals surface area (Å²) in [4.78, 5) is 2.59. The van der Waals surface area contributed by atoms with Gasteiger partial charge in [-0.1, -0.05) is 55.5 Å². The van der Waals surface area contributed by atoms with Crippen LogP contribution in [0, 0.1) is 5.92 Å². The molecule has 152 valence electrons. The molecular formula is C24H30N4O. The standard InChI is InChI=1S/C24H30N4O/c1-19-18-28(13-7-15-29-22-10-4-3-5-11-22)14-12-24(19,2)21-9-6-8-20(16-21)23-17-25-27-26-23/h3-6,8-11,16-17,19H,7,12-15,18H2,1-2H3,(H,25,26,27). The fourth-order valence-corrected chi connectivity index (χ4v) is 4.32. The van der Waals surface area contributed by atoms with Crippen molar-refractivity contribution in [2.45, 2.75) is 32.1 Å². The molecule has 5 nitrogen and oxygen atoms in total. The predicted octanol–water partition coefficient (Wildman–Crippen LogP) is 4.54. The topological polar surface area (TPSA) is 54.0 Å². The number of rotatable bonds is 7. The third kappa shape index (κ3) is 4.51. The first-order valence-corrected chi connectivity index (χ1v) is 10.5. The van der Waals surface area contributed by atoms with Gasteiger partial charge in [0.25, 0.3) is 0 Å². The van der Waals surface area contributed by atoms with E-state index < -0.39 is 0 Å². The monoisotopic (exact) mass is 390 g/mol. The SMILES string of the molecule is CC1CN(CCCOc2ccccc2)CCC1(C)c1cccc(-c2c[nH]nn2)c1. The molecule has 2 heterocycles. The van der Waals surface area contributed by atoms with Crippen molar-refractivity contribution in [1.82, 2.24) is 20.3 Å². The highest BCUT2D eigenvalue weighted by Crippen LogP contribution is 2.40. The van der Waals surface area contributed by atoms with Crippen LogP contribution in [0.4, 0.5) is 0 Å². The zero-order chi connectivity index (χ0) is 20.1. The molecule has 1 fully saturated rings. The number of aromatic nitrogens is 3. The maximum atomic E-state index is 5.84. The number of hydrogen-bond acceptors (Lipinski definition) is 4. The Balaban J connectivity index is 1.33. The Morgan fingerprint density at radius 1 is 1.17 bits per heavy atom. The van der Waals surface area contributed by atoms with Crippen molar-refractivity contribution in [2.75, 3.05) is 26.2 Å². The van der Waals surface area contributed by atoms with Gasteiger partial charge in [-0.05, 0) is 54.5 Å². The predicted molar refractivity (Wildman–Crippen MR) is 116 cm³/mol. The molecule has 1 saturated heterocycles. The van der Waals surface area contributed by atoms with Gasteiger partial charge in [0.05, 0.1) is 6.61 Å². The molecule has 2 aromatic carbocycles. The van der Waals surface area contributed by atoms with Crippen molar-refractivity contribution in [3.63, 3.8) is 0 Å². The summed E-state index contributed by atoms with van der Waals surface area (Å²) in [6.07, 6.45) is 4.07. The minimum absolute atomic E-state index is 0.177. The minimum Gasteiger partial charge on any atom is -0.494 e. The lowest BCUT2D eigenvalue weighted by Gasteiger charge is -2.45. The highest BCUT2D eigenvalue weighted by atomic mass is 16.5. The molecule has 2 unspecified atom stereocenters. The van der Waals surface area contributed by atoms with Gasteiger partial charge in [-0.25, -0.2) is 0 Å². The van der Waals surface area contributed by atoms with E-state index in [4.69, 9.17) is 4.74 Å². The molecule has 1 aliphatic rings. The van der Waals surface area contributed by atoms with Gasteiger partial charge in [0.15, 0.2) is 0 Å². The van der Waals surface area contributed by atoms with E-state index in [0.717, 1.165) is 56.1 Å². The summed E-state index contributed by atoms with van der Waals surface area (Å²) >= 11 is 0. The molecular weight excluding hydrogens is 360 g/mol. The Bertz CT molecular complexity index is 896. The molecule has 0 amide bonds.